The highest BCUT2D eigenvalue weighted by molar-refractivity contribution is 6.32. The van der Waals surface area contributed by atoms with Crippen LogP contribution in [-0.4, -0.2) is 37.4 Å². The molecule has 0 aromatic heterocycles. The van der Waals surface area contributed by atoms with Gasteiger partial charge in [-0.3, -0.25) is 0 Å². The number of benzene rings is 1. The fourth-order valence-electron chi connectivity index (χ4n) is 4.86. The molecular weight excluding hydrogens is 416 g/mol. The van der Waals surface area contributed by atoms with Gasteiger partial charge in [-0.1, -0.05) is 11.6 Å². The number of halogens is 3. The second kappa shape index (κ2) is 7.83. The summed E-state index contributed by atoms with van der Waals surface area (Å²) in [7, 11) is 1.33. The average molecular weight is 444 g/mol. The van der Waals surface area contributed by atoms with Crippen LogP contribution in [0.25, 0.3) is 0 Å². The van der Waals surface area contributed by atoms with E-state index in [1.54, 1.807) is 13.0 Å². The summed E-state index contributed by atoms with van der Waals surface area (Å²) in [6.45, 7) is 4.49. The van der Waals surface area contributed by atoms with Crippen molar-refractivity contribution in [3.05, 3.63) is 22.2 Å². The molecule has 1 heterocycles. The Hall–Kier alpha value is -1.60. The van der Waals surface area contributed by atoms with Crippen LogP contribution in [0.4, 0.5) is 8.78 Å². The second-order valence-electron chi connectivity index (χ2n) is 8.99. The zero-order valence-electron chi connectivity index (χ0n) is 17.5. The van der Waals surface area contributed by atoms with Gasteiger partial charge < -0.3 is 19.5 Å². The minimum Gasteiger partial charge on any atom is -0.465 e. The van der Waals surface area contributed by atoms with Crippen LogP contribution in [0, 0.1) is 18.8 Å². The first-order valence-corrected chi connectivity index (χ1v) is 10.9. The summed E-state index contributed by atoms with van der Waals surface area (Å²) in [6, 6.07) is 1.50. The van der Waals surface area contributed by atoms with Gasteiger partial charge in [0.15, 0.2) is 11.5 Å². The van der Waals surface area contributed by atoms with Crippen LogP contribution in [0.5, 0.6) is 11.5 Å². The van der Waals surface area contributed by atoms with Crippen molar-refractivity contribution in [1.82, 2.24) is 5.32 Å². The van der Waals surface area contributed by atoms with E-state index in [0.717, 1.165) is 32.2 Å². The lowest BCUT2D eigenvalue weighted by molar-refractivity contribution is -0.123. The molecule has 3 aliphatic rings. The van der Waals surface area contributed by atoms with E-state index in [0.29, 0.717) is 33.6 Å². The first kappa shape index (κ1) is 21.6. The third-order valence-corrected chi connectivity index (χ3v) is 7.11. The van der Waals surface area contributed by atoms with Crippen LogP contribution >= 0.6 is 11.6 Å². The molecule has 166 valence electrons. The first-order valence-electron chi connectivity index (χ1n) is 10.5. The molecule has 2 saturated carbocycles. The second-order valence-corrected chi connectivity index (χ2v) is 9.40. The molecule has 1 aromatic rings. The van der Waals surface area contributed by atoms with Gasteiger partial charge in [0.25, 0.3) is 11.7 Å². The summed E-state index contributed by atoms with van der Waals surface area (Å²) < 4.78 is 43.2. The van der Waals surface area contributed by atoms with Crippen LogP contribution in [0.15, 0.2) is 6.07 Å². The summed E-state index contributed by atoms with van der Waals surface area (Å²) in [5.41, 5.74) is 1.02. The van der Waals surface area contributed by atoms with Crippen LogP contribution in [0.1, 0.15) is 61.4 Å². The van der Waals surface area contributed by atoms with Gasteiger partial charge in [0.1, 0.15) is 0 Å². The Morgan fingerprint density at radius 1 is 1.23 bits per heavy atom. The van der Waals surface area contributed by atoms with Crippen molar-refractivity contribution in [2.45, 2.75) is 70.1 Å². The number of hydrogen-bond donors (Lipinski definition) is 1. The van der Waals surface area contributed by atoms with Crippen molar-refractivity contribution in [3.8, 4) is 11.5 Å². The average Bonchev–Trinajstić information content (AvgIpc) is 3.07. The molecule has 1 N–H and O–H groups in total. The standard InChI is InChI=1S/C22H28ClF2NO4/c1-12-16(20(27)28-3)8-17(23)19-18(12)29-21(2,30-19)14-6-4-13(5-7-14)11-26-15-9-22(24,25)10-15/h8,13-15,26H,4-7,9-11H2,1-3H3. The fourth-order valence-corrected chi connectivity index (χ4v) is 5.10. The number of rotatable bonds is 5. The Labute approximate surface area is 180 Å². The number of nitrogens with one attached hydrogen (secondary N) is 1. The van der Waals surface area contributed by atoms with Gasteiger partial charge in [-0.15, -0.1) is 0 Å². The van der Waals surface area contributed by atoms with Crippen molar-refractivity contribution in [2.24, 2.45) is 11.8 Å². The lowest BCUT2D eigenvalue weighted by Gasteiger charge is -2.39. The van der Waals surface area contributed by atoms with E-state index >= 15 is 0 Å². The van der Waals surface area contributed by atoms with E-state index in [-0.39, 0.29) is 24.8 Å². The molecule has 1 atom stereocenters. The molecule has 2 fully saturated rings. The Bertz CT molecular complexity index is 833. The maximum absolute atomic E-state index is 13.0. The highest BCUT2D eigenvalue weighted by atomic mass is 35.5. The number of fused-ring (bicyclic) bond motifs is 1. The molecule has 1 unspecified atom stereocenters. The van der Waals surface area contributed by atoms with Gasteiger partial charge in [-0.2, -0.15) is 0 Å². The van der Waals surface area contributed by atoms with Crippen molar-refractivity contribution < 1.29 is 27.8 Å². The van der Waals surface area contributed by atoms with E-state index in [9.17, 15) is 13.6 Å². The summed E-state index contributed by atoms with van der Waals surface area (Å²) in [6.07, 6.45) is 3.71. The Balaban J connectivity index is 1.36. The minimum absolute atomic E-state index is 0.0476. The van der Waals surface area contributed by atoms with Gasteiger partial charge in [-0.05, 0) is 51.1 Å². The van der Waals surface area contributed by atoms with Crippen molar-refractivity contribution in [2.75, 3.05) is 13.7 Å². The molecule has 0 amide bonds. The maximum atomic E-state index is 13.0. The molecule has 0 spiro atoms. The lowest BCUT2D eigenvalue weighted by Crippen LogP contribution is -2.50. The largest absolute Gasteiger partial charge is 0.465 e. The third kappa shape index (κ3) is 3.98. The summed E-state index contributed by atoms with van der Waals surface area (Å²) in [5.74, 6) is -2.18. The first-order chi connectivity index (χ1) is 14.1. The Morgan fingerprint density at radius 3 is 2.47 bits per heavy atom. The molecule has 1 aromatic carbocycles. The number of carbonyl (C=O) groups excluding carboxylic acids is 1. The Morgan fingerprint density at radius 2 is 1.87 bits per heavy atom. The van der Waals surface area contributed by atoms with Gasteiger partial charge in [0, 0.05) is 37.3 Å². The molecule has 4 rings (SSSR count). The topological polar surface area (TPSA) is 56.8 Å². The zero-order chi connectivity index (χ0) is 21.7. The molecule has 0 radical (unpaired) electrons. The predicted molar refractivity (Wildman–Crippen MR) is 109 cm³/mol. The van der Waals surface area contributed by atoms with Crippen LogP contribution in [0.2, 0.25) is 5.02 Å². The van der Waals surface area contributed by atoms with E-state index in [2.05, 4.69) is 5.32 Å². The molecule has 0 saturated heterocycles. The number of ether oxygens (including phenoxy) is 3. The van der Waals surface area contributed by atoms with Crippen molar-refractivity contribution >= 4 is 17.6 Å². The smallest absolute Gasteiger partial charge is 0.338 e. The highest BCUT2D eigenvalue weighted by Crippen LogP contribution is 2.52. The van der Waals surface area contributed by atoms with Gasteiger partial charge in [-0.25, -0.2) is 13.6 Å². The van der Waals surface area contributed by atoms with Gasteiger partial charge in [0.2, 0.25) is 0 Å². The summed E-state index contributed by atoms with van der Waals surface area (Å²) in [5, 5.41) is 3.61. The third-order valence-electron chi connectivity index (χ3n) is 6.83. The Kier molecular flexibility index (Phi) is 5.64. The number of hydrogen-bond acceptors (Lipinski definition) is 5. The van der Waals surface area contributed by atoms with E-state index in [1.807, 2.05) is 6.92 Å². The van der Waals surface area contributed by atoms with E-state index in [4.69, 9.17) is 25.8 Å². The number of alkyl halides is 2. The lowest BCUT2D eigenvalue weighted by atomic mass is 9.78. The summed E-state index contributed by atoms with van der Waals surface area (Å²) >= 11 is 6.37. The van der Waals surface area contributed by atoms with Gasteiger partial charge in [0.05, 0.1) is 17.7 Å². The van der Waals surface area contributed by atoms with Crippen molar-refractivity contribution in [1.29, 1.82) is 0 Å². The maximum Gasteiger partial charge on any atom is 0.338 e. The fraction of sp³-hybridized carbons (Fsp3) is 0.682. The van der Waals surface area contributed by atoms with E-state index in [1.165, 1.54) is 7.11 Å². The minimum atomic E-state index is -2.48. The molecule has 8 heteroatoms. The van der Waals surface area contributed by atoms with Crippen LogP contribution in [0.3, 0.4) is 0 Å². The zero-order valence-corrected chi connectivity index (χ0v) is 18.3. The molecule has 5 nitrogen and oxygen atoms in total. The molecule has 2 aliphatic carbocycles. The summed E-state index contributed by atoms with van der Waals surface area (Å²) in [4.78, 5) is 12.0. The quantitative estimate of drug-likeness (QED) is 0.640. The SMILES string of the molecule is COC(=O)c1cc(Cl)c2c(c1C)OC(C)(C1CCC(CNC3CC(F)(F)C3)CC1)O2. The normalized spacial score (nSPS) is 30.1. The molecule has 1 aliphatic heterocycles. The number of esters is 1. The molecule has 0 bridgehead atoms. The predicted octanol–water partition coefficient (Wildman–Crippen LogP) is 5.12. The molecule has 30 heavy (non-hydrogen) atoms. The molecular formula is C22H28ClF2NO4. The number of methoxy groups -OCH3 is 1. The van der Waals surface area contributed by atoms with Crippen LogP contribution < -0.4 is 14.8 Å². The number of carbonyl (C=O) groups is 1. The van der Waals surface area contributed by atoms with Crippen molar-refractivity contribution in [3.63, 3.8) is 0 Å². The van der Waals surface area contributed by atoms with E-state index < -0.39 is 17.7 Å². The van der Waals surface area contributed by atoms with Crippen LogP contribution in [-0.2, 0) is 4.74 Å². The highest BCUT2D eigenvalue weighted by Gasteiger charge is 2.48. The van der Waals surface area contributed by atoms with Gasteiger partial charge >= 0.3 is 5.97 Å². The monoisotopic (exact) mass is 443 g/mol.